The average Bonchev–Trinajstić information content (AvgIpc) is 2.61. The molecular weight excluding hydrogens is 402 g/mol. The summed E-state index contributed by atoms with van der Waals surface area (Å²) in [6.07, 6.45) is 12.1. The first-order valence-electron chi connectivity index (χ1n) is 12.5. The van der Waals surface area contributed by atoms with Crippen molar-refractivity contribution in [2.24, 2.45) is 0 Å². The van der Waals surface area contributed by atoms with Crippen molar-refractivity contribution in [3.63, 3.8) is 0 Å². The van der Waals surface area contributed by atoms with E-state index in [4.69, 9.17) is 4.74 Å². The van der Waals surface area contributed by atoms with Gasteiger partial charge in [-0.2, -0.15) is 0 Å². The van der Waals surface area contributed by atoms with Gasteiger partial charge in [0.1, 0.15) is 6.10 Å². The van der Waals surface area contributed by atoms with Crippen LogP contribution in [0.25, 0.3) is 0 Å². The highest BCUT2D eigenvalue weighted by Gasteiger charge is 2.46. The maximum absolute atomic E-state index is 13.5. The van der Waals surface area contributed by atoms with E-state index in [9.17, 15) is 4.79 Å². The number of piperidine rings is 1. The fourth-order valence-corrected chi connectivity index (χ4v) is 10.2. The molecule has 5 heteroatoms. The molecule has 3 nitrogen and oxygen atoms in total. The number of hydrogen-bond donors (Lipinski definition) is 0. The largest absolute Gasteiger partial charge is 0.462 e. The van der Waals surface area contributed by atoms with Crippen LogP contribution in [0, 0.1) is 0 Å². The van der Waals surface area contributed by atoms with E-state index in [1.165, 1.54) is 44.9 Å². The first kappa shape index (κ1) is 27.9. The highest BCUT2D eigenvalue weighted by atomic mass is 29.2. The molecule has 1 fully saturated rings. The van der Waals surface area contributed by atoms with Gasteiger partial charge in [0.25, 0.3) is 0 Å². The Morgan fingerprint density at radius 2 is 1.47 bits per heavy atom. The molecule has 0 aliphatic carbocycles. The summed E-state index contributed by atoms with van der Waals surface area (Å²) >= 11 is 0. The number of ether oxygens (including phenoxy) is 1. The summed E-state index contributed by atoms with van der Waals surface area (Å²) in [7, 11) is 0.130. The molecule has 1 aliphatic heterocycles. The fraction of sp³-hybridized carbons (Fsp3) is 0.960. The van der Waals surface area contributed by atoms with Crippen LogP contribution in [0.2, 0.25) is 31.7 Å². The zero-order chi connectivity index (χ0) is 23.2. The minimum atomic E-state index is -1.61. The van der Waals surface area contributed by atoms with Crippen LogP contribution in [0.4, 0.5) is 0 Å². The summed E-state index contributed by atoms with van der Waals surface area (Å²) in [6.45, 7) is 21.1. The van der Waals surface area contributed by atoms with Gasteiger partial charge in [0.05, 0.1) is 7.59 Å². The molecule has 1 aliphatic rings. The molecule has 0 aromatic rings. The van der Waals surface area contributed by atoms with Crippen molar-refractivity contribution in [2.45, 2.75) is 148 Å². The van der Waals surface area contributed by atoms with E-state index >= 15 is 0 Å². The Labute approximate surface area is 191 Å². The second kappa shape index (κ2) is 11.6. The molecule has 1 heterocycles. The van der Waals surface area contributed by atoms with Crippen LogP contribution in [-0.4, -0.2) is 51.0 Å². The highest BCUT2D eigenvalue weighted by molar-refractivity contribution is 7.32. The van der Waals surface area contributed by atoms with Gasteiger partial charge in [0.15, 0.2) is 0 Å². The standard InChI is InChI=1S/C25H52NO2Si2/c1-11-12-13-14-15-16-17-18-22(30(9,10)29(7)8)23(27)28-21-19-24(2,3)26(6)25(4,5)20-21/h21-22H,11-20H2,1-10H3. The lowest BCUT2D eigenvalue weighted by Crippen LogP contribution is -2.60. The molecular formula is C25H52NO2Si2. The number of hydrogen-bond acceptors (Lipinski definition) is 3. The average molecular weight is 455 g/mol. The lowest BCUT2D eigenvalue weighted by Gasteiger charge is -2.53. The van der Waals surface area contributed by atoms with E-state index in [0.29, 0.717) is 0 Å². The molecule has 0 aromatic carbocycles. The number of rotatable bonds is 12. The predicted molar refractivity (Wildman–Crippen MR) is 136 cm³/mol. The molecule has 0 aromatic heterocycles. The van der Waals surface area contributed by atoms with Gasteiger partial charge in [-0.1, -0.05) is 78.1 Å². The lowest BCUT2D eigenvalue weighted by atomic mass is 9.79. The summed E-state index contributed by atoms with van der Waals surface area (Å²) in [6, 6.07) is 0. The number of carbonyl (C=O) groups is 1. The van der Waals surface area contributed by atoms with Crippen molar-refractivity contribution in [1.29, 1.82) is 0 Å². The SMILES string of the molecule is CCCCCCCCCC(C(=O)OC1CC(C)(C)N(C)C(C)(C)C1)[Si](C)(C)[Si](C)C. The molecule has 1 atom stereocenters. The Morgan fingerprint density at radius 1 is 1.00 bits per heavy atom. The van der Waals surface area contributed by atoms with Crippen LogP contribution >= 0.6 is 0 Å². The Balaban J connectivity index is 2.76. The van der Waals surface area contributed by atoms with E-state index in [2.05, 4.69) is 72.8 Å². The Morgan fingerprint density at radius 3 is 1.93 bits per heavy atom. The molecule has 30 heavy (non-hydrogen) atoms. The van der Waals surface area contributed by atoms with Crippen LogP contribution in [-0.2, 0) is 9.53 Å². The molecule has 0 saturated carbocycles. The van der Waals surface area contributed by atoms with Gasteiger partial charge in [-0.25, -0.2) is 0 Å². The molecule has 0 N–H and O–H groups in total. The maximum Gasteiger partial charge on any atom is 0.306 e. The third kappa shape index (κ3) is 7.77. The summed E-state index contributed by atoms with van der Waals surface area (Å²) < 4.78 is 6.31. The molecule has 1 rings (SSSR count). The minimum absolute atomic E-state index is 0.0458. The van der Waals surface area contributed by atoms with Crippen LogP contribution in [0.15, 0.2) is 0 Å². The third-order valence-electron chi connectivity index (χ3n) is 8.09. The van der Waals surface area contributed by atoms with Crippen LogP contribution in [0.5, 0.6) is 0 Å². The molecule has 1 saturated heterocycles. The molecule has 1 radical (unpaired) electrons. The fourth-order valence-electron chi connectivity index (χ4n) is 5.04. The Hall–Kier alpha value is -0.136. The van der Waals surface area contributed by atoms with Gasteiger partial charge in [0.2, 0.25) is 0 Å². The van der Waals surface area contributed by atoms with Crippen molar-refractivity contribution in [3.8, 4) is 0 Å². The number of likely N-dealkylation sites (tertiary alicyclic amines) is 1. The van der Waals surface area contributed by atoms with Crippen molar-refractivity contribution >= 4 is 21.9 Å². The molecule has 177 valence electrons. The van der Waals surface area contributed by atoms with Gasteiger partial charge >= 0.3 is 5.97 Å². The lowest BCUT2D eigenvalue weighted by molar-refractivity contribution is -0.159. The molecule has 0 bridgehead atoms. The zero-order valence-electron chi connectivity index (χ0n) is 22.0. The predicted octanol–water partition coefficient (Wildman–Crippen LogP) is 7.23. The topological polar surface area (TPSA) is 29.5 Å². The van der Waals surface area contributed by atoms with E-state index in [0.717, 1.165) is 19.3 Å². The van der Waals surface area contributed by atoms with E-state index < -0.39 is 15.9 Å². The van der Waals surface area contributed by atoms with Crippen molar-refractivity contribution in [2.75, 3.05) is 7.05 Å². The van der Waals surface area contributed by atoms with Gasteiger partial charge in [-0.05, 0) is 41.2 Å². The number of nitrogens with zero attached hydrogens (tertiary/aromatic N) is 1. The number of esters is 1. The Kier molecular flexibility index (Phi) is 10.8. The second-order valence-corrected chi connectivity index (χ2v) is 24.8. The summed E-state index contributed by atoms with van der Waals surface area (Å²) in [4.78, 5) is 15.9. The maximum atomic E-state index is 13.5. The van der Waals surface area contributed by atoms with Crippen LogP contribution in [0.1, 0.15) is 98.8 Å². The van der Waals surface area contributed by atoms with Gasteiger partial charge in [-0.3, -0.25) is 9.69 Å². The van der Waals surface area contributed by atoms with Crippen LogP contribution < -0.4 is 0 Å². The summed E-state index contributed by atoms with van der Waals surface area (Å²) in [5.74, 6) is 0.130. The summed E-state index contributed by atoms with van der Waals surface area (Å²) in [5, 5.41) is 0. The van der Waals surface area contributed by atoms with E-state index in [-0.39, 0.29) is 28.7 Å². The summed E-state index contributed by atoms with van der Waals surface area (Å²) in [5.41, 5.74) is 0.277. The number of unbranched alkanes of at least 4 members (excludes halogenated alkanes) is 6. The molecule has 0 spiro atoms. The molecule has 1 unspecified atom stereocenters. The second-order valence-electron chi connectivity index (χ2n) is 11.8. The van der Waals surface area contributed by atoms with Gasteiger partial charge in [0, 0.05) is 37.8 Å². The first-order chi connectivity index (χ1) is 13.8. The normalized spacial score (nSPS) is 21.0. The minimum Gasteiger partial charge on any atom is -0.462 e. The van der Waals surface area contributed by atoms with Gasteiger partial charge < -0.3 is 4.74 Å². The highest BCUT2D eigenvalue weighted by Crippen LogP contribution is 2.40. The van der Waals surface area contributed by atoms with Gasteiger partial charge in [-0.15, -0.1) is 0 Å². The smallest absolute Gasteiger partial charge is 0.306 e. The van der Waals surface area contributed by atoms with E-state index in [1.54, 1.807) is 0 Å². The van der Waals surface area contributed by atoms with Crippen molar-refractivity contribution in [3.05, 3.63) is 0 Å². The first-order valence-corrected chi connectivity index (χ1v) is 19.1. The van der Waals surface area contributed by atoms with Crippen molar-refractivity contribution < 1.29 is 9.53 Å². The monoisotopic (exact) mass is 454 g/mol. The van der Waals surface area contributed by atoms with E-state index in [1.807, 2.05) is 0 Å². The third-order valence-corrected chi connectivity index (χ3v) is 21.7. The van der Waals surface area contributed by atoms with Crippen molar-refractivity contribution in [1.82, 2.24) is 4.90 Å². The molecule has 0 amide bonds. The number of carbonyl (C=O) groups excluding carboxylic acids is 1. The zero-order valence-corrected chi connectivity index (χ0v) is 24.0. The van der Waals surface area contributed by atoms with Crippen LogP contribution in [0.3, 0.4) is 0 Å². The Bertz CT molecular complexity index is 513. The quantitative estimate of drug-likeness (QED) is 0.177.